The Bertz CT molecular complexity index is 1010. The van der Waals surface area contributed by atoms with E-state index in [0.29, 0.717) is 22.6 Å². The topological polar surface area (TPSA) is 132 Å². The number of aromatic hydroxyl groups is 1. The number of hydrogen-bond donors (Lipinski definition) is 4. The molecule has 2 aliphatic heterocycles. The van der Waals surface area contributed by atoms with E-state index in [2.05, 4.69) is 5.32 Å². The van der Waals surface area contributed by atoms with Crippen molar-refractivity contribution in [3.05, 3.63) is 47.0 Å². The number of nitrogens with one attached hydrogen (secondary N) is 1. The molecular formula is C20H18N2O6. The van der Waals surface area contributed by atoms with Gasteiger partial charge in [0.1, 0.15) is 11.9 Å². The summed E-state index contributed by atoms with van der Waals surface area (Å²) < 4.78 is 11.2. The fourth-order valence-corrected chi connectivity index (χ4v) is 3.82. The van der Waals surface area contributed by atoms with Crippen LogP contribution in [0.4, 0.5) is 5.69 Å². The number of carbonyl (C=O) groups is 1. The Labute approximate surface area is 160 Å². The first-order valence-electron chi connectivity index (χ1n) is 8.66. The minimum atomic E-state index is -1.93. The summed E-state index contributed by atoms with van der Waals surface area (Å²) in [6, 6.07) is 9.84. The van der Waals surface area contributed by atoms with Crippen LogP contribution in [0.15, 0.2) is 30.3 Å². The first-order chi connectivity index (χ1) is 13.4. The molecule has 2 aromatic carbocycles. The summed E-state index contributed by atoms with van der Waals surface area (Å²) in [6.07, 6.45) is -0.927. The van der Waals surface area contributed by atoms with Gasteiger partial charge >= 0.3 is 0 Å². The zero-order chi connectivity index (χ0) is 20.1. The van der Waals surface area contributed by atoms with Crippen molar-refractivity contribution in [2.45, 2.75) is 24.0 Å². The maximum atomic E-state index is 12.2. The van der Waals surface area contributed by atoms with E-state index in [1.165, 1.54) is 13.2 Å². The van der Waals surface area contributed by atoms with Crippen molar-refractivity contribution >= 4 is 11.6 Å². The zero-order valence-corrected chi connectivity index (χ0v) is 15.0. The largest absolute Gasteiger partial charge is 0.504 e. The Balaban J connectivity index is 1.77. The van der Waals surface area contributed by atoms with Crippen molar-refractivity contribution in [2.24, 2.45) is 0 Å². The van der Waals surface area contributed by atoms with Gasteiger partial charge in [-0.05, 0) is 29.8 Å². The molecule has 0 spiro atoms. The summed E-state index contributed by atoms with van der Waals surface area (Å²) in [5, 5.41) is 42.0. The summed E-state index contributed by atoms with van der Waals surface area (Å²) in [6.45, 7) is -0.212. The molecule has 4 N–H and O–H groups in total. The molecule has 0 fully saturated rings. The number of aliphatic hydroxyl groups is 2. The molecule has 2 aromatic rings. The van der Waals surface area contributed by atoms with Gasteiger partial charge in [-0.25, -0.2) is 0 Å². The number of aliphatic hydroxyl groups excluding tert-OH is 1. The van der Waals surface area contributed by atoms with Gasteiger partial charge in [-0.1, -0.05) is 6.07 Å². The number of phenolic OH excluding ortho intramolecular Hbond substituents is 1. The van der Waals surface area contributed by atoms with E-state index in [1.807, 2.05) is 6.07 Å². The summed E-state index contributed by atoms with van der Waals surface area (Å²) >= 11 is 0. The Kier molecular flexibility index (Phi) is 4.14. The first-order valence-corrected chi connectivity index (χ1v) is 8.66. The molecule has 2 aliphatic rings. The number of nitrogens with zero attached hydrogens (tertiary/aromatic N) is 1. The second-order valence-corrected chi connectivity index (χ2v) is 6.84. The van der Waals surface area contributed by atoms with Crippen LogP contribution in [0.5, 0.6) is 17.2 Å². The van der Waals surface area contributed by atoms with E-state index in [4.69, 9.17) is 14.7 Å². The van der Waals surface area contributed by atoms with Crippen LogP contribution in [-0.2, 0) is 10.4 Å². The molecule has 0 saturated carbocycles. The molecule has 0 aliphatic carbocycles. The van der Waals surface area contributed by atoms with Crippen molar-refractivity contribution in [1.82, 2.24) is 0 Å². The molecule has 0 aromatic heterocycles. The molecule has 1 amide bonds. The smallest absolute Gasteiger partial charge is 0.262 e. The molecule has 0 radical (unpaired) electrons. The average molecular weight is 382 g/mol. The van der Waals surface area contributed by atoms with Crippen molar-refractivity contribution < 1.29 is 29.6 Å². The van der Waals surface area contributed by atoms with Gasteiger partial charge in [-0.15, -0.1) is 0 Å². The number of methoxy groups -OCH3 is 1. The number of ether oxygens (including phenoxy) is 2. The zero-order valence-electron chi connectivity index (χ0n) is 15.0. The fourth-order valence-electron chi connectivity index (χ4n) is 3.82. The molecule has 2 heterocycles. The van der Waals surface area contributed by atoms with Crippen LogP contribution in [0.2, 0.25) is 0 Å². The normalized spacial score (nSPS) is 24.7. The monoisotopic (exact) mass is 382 g/mol. The average Bonchev–Trinajstić information content (AvgIpc) is 3.15. The number of nitriles is 1. The number of rotatable bonds is 4. The summed E-state index contributed by atoms with van der Waals surface area (Å²) in [5.74, 6) is -0.385. The Hall–Kier alpha value is -3.28. The number of carbonyl (C=O) groups excluding carboxylic acids is 1. The SMILES string of the molecule is COc1cc([C@H]2Oc3cc4c(cc3[C@@H]2CO)NC(=O)[C@@]4(O)CC#N)ccc1O. The van der Waals surface area contributed by atoms with Crippen LogP contribution in [0.3, 0.4) is 0 Å². The molecule has 144 valence electrons. The second kappa shape index (κ2) is 6.41. The summed E-state index contributed by atoms with van der Waals surface area (Å²) in [4.78, 5) is 12.2. The van der Waals surface area contributed by atoms with Gasteiger partial charge < -0.3 is 30.1 Å². The van der Waals surface area contributed by atoms with E-state index in [0.717, 1.165) is 0 Å². The Morgan fingerprint density at radius 2 is 2.14 bits per heavy atom. The number of fused-ring (bicyclic) bond motifs is 2. The Morgan fingerprint density at radius 1 is 1.36 bits per heavy atom. The van der Waals surface area contributed by atoms with Crippen LogP contribution in [0.1, 0.15) is 35.1 Å². The van der Waals surface area contributed by atoms with Crippen molar-refractivity contribution in [3.63, 3.8) is 0 Å². The van der Waals surface area contributed by atoms with Gasteiger partial charge in [0.25, 0.3) is 5.91 Å². The van der Waals surface area contributed by atoms with Gasteiger partial charge in [-0.3, -0.25) is 4.79 Å². The number of amides is 1. The Morgan fingerprint density at radius 3 is 2.82 bits per heavy atom. The number of benzene rings is 2. The highest BCUT2D eigenvalue weighted by atomic mass is 16.5. The van der Waals surface area contributed by atoms with Crippen LogP contribution in [0, 0.1) is 11.3 Å². The highest BCUT2D eigenvalue weighted by molar-refractivity contribution is 6.05. The van der Waals surface area contributed by atoms with Gasteiger partial charge in [0, 0.05) is 16.8 Å². The first kappa shape index (κ1) is 18.1. The van der Waals surface area contributed by atoms with Crippen molar-refractivity contribution in [2.75, 3.05) is 19.0 Å². The minimum absolute atomic E-state index is 0.00874. The van der Waals surface area contributed by atoms with Crippen molar-refractivity contribution in [3.8, 4) is 23.3 Å². The second-order valence-electron chi connectivity index (χ2n) is 6.84. The maximum Gasteiger partial charge on any atom is 0.262 e. The lowest BCUT2D eigenvalue weighted by molar-refractivity contribution is -0.133. The molecule has 0 bridgehead atoms. The molecule has 28 heavy (non-hydrogen) atoms. The van der Waals surface area contributed by atoms with E-state index < -0.39 is 23.5 Å². The third-order valence-corrected chi connectivity index (χ3v) is 5.30. The van der Waals surface area contributed by atoms with Gasteiger partial charge in [-0.2, -0.15) is 5.26 Å². The van der Waals surface area contributed by atoms with Crippen LogP contribution in [0.25, 0.3) is 0 Å². The molecule has 0 unspecified atom stereocenters. The summed E-state index contributed by atoms with van der Waals surface area (Å²) in [7, 11) is 1.44. The molecular weight excluding hydrogens is 364 g/mol. The quantitative estimate of drug-likeness (QED) is 0.632. The number of anilines is 1. The maximum absolute atomic E-state index is 12.2. The molecule has 8 nitrogen and oxygen atoms in total. The predicted molar refractivity (Wildman–Crippen MR) is 97.1 cm³/mol. The van der Waals surface area contributed by atoms with Gasteiger partial charge in [0.05, 0.1) is 32.1 Å². The van der Waals surface area contributed by atoms with Gasteiger partial charge in [0.2, 0.25) is 0 Å². The lowest BCUT2D eigenvalue weighted by Gasteiger charge is -2.18. The lowest BCUT2D eigenvalue weighted by atomic mass is 9.88. The fraction of sp³-hybridized carbons (Fsp3) is 0.300. The van der Waals surface area contributed by atoms with Gasteiger partial charge in [0.15, 0.2) is 17.1 Å². The highest BCUT2D eigenvalue weighted by Crippen LogP contribution is 2.51. The number of phenols is 1. The molecule has 3 atom stereocenters. The third kappa shape index (κ3) is 2.48. The third-order valence-electron chi connectivity index (χ3n) is 5.30. The minimum Gasteiger partial charge on any atom is -0.504 e. The molecule has 0 saturated heterocycles. The van der Waals surface area contributed by atoms with Crippen LogP contribution >= 0.6 is 0 Å². The van der Waals surface area contributed by atoms with Crippen LogP contribution in [-0.4, -0.2) is 34.9 Å². The standard InChI is InChI=1S/C20H18N2O6/c1-27-17-6-10(2-3-15(17)24)18-12(9-23)11-7-14-13(8-16(11)28-18)20(26,4-5-21)19(25)22-14/h2-3,6-8,12,18,23-24,26H,4,9H2,1H3,(H,22,25)/t12-,18+,20+/m0/s1. The number of hydrogen-bond acceptors (Lipinski definition) is 7. The van der Waals surface area contributed by atoms with E-state index in [1.54, 1.807) is 24.3 Å². The van der Waals surface area contributed by atoms with E-state index in [-0.39, 0.29) is 30.1 Å². The van der Waals surface area contributed by atoms with E-state index >= 15 is 0 Å². The molecule has 4 rings (SSSR count). The highest BCUT2D eigenvalue weighted by Gasteiger charge is 2.47. The van der Waals surface area contributed by atoms with Crippen LogP contribution < -0.4 is 14.8 Å². The van der Waals surface area contributed by atoms with E-state index in [9.17, 15) is 20.1 Å². The molecule has 8 heteroatoms. The lowest BCUT2D eigenvalue weighted by Crippen LogP contribution is -2.33. The summed E-state index contributed by atoms with van der Waals surface area (Å²) in [5.41, 5.74) is 0.115. The predicted octanol–water partition coefficient (Wildman–Crippen LogP) is 1.66. The van der Waals surface area contributed by atoms with Crippen molar-refractivity contribution in [1.29, 1.82) is 5.26 Å².